The number of carbonyl (C=O) groups is 2. The Hall–Kier alpha value is -7.62. The number of halogens is 3. The maximum Gasteiger partial charge on any atom is 0.369 e. The summed E-state index contributed by atoms with van der Waals surface area (Å²) >= 11 is 9.31. The van der Waals surface area contributed by atoms with Crippen molar-refractivity contribution in [3.05, 3.63) is 139 Å². The van der Waals surface area contributed by atoms with Crippen molar-refractivity contribution in [1.29, 1.82) is 0 Å². The molecule has 2 saturated carbocycles. The first-order valence-electron chi connectivity index (χ1n) is 28.0. The third-order valence-corrected chi connectivity index (χ3v) is 15.7. The Labute approximate surface area is 504 Å². The van der Waals surface area contributed by atoms with Gasteiger partial charge >= 0.3 is 3.18 Å². The van der Waals surface area contributed by atoms with E-state index >= 15 is 0 Å². The Morgan fingerprint density at radius 1 is 0.566 bits per heavy atom. The first-order chi connectivity index (χ1) is 40.3. The standard InChI is InChI=1S/C32H32N6O2.C30H28N6O3.BBr3/c1-20-16-27-26(18-28(20)40-2)35-30(24-12-9-21-6-3-4-7-23(21)17-24)38(27)29-13-14-33-32(36-29)34-25-8-5-15-37(19-25)31(39)22-10-11-22;37-25-15-23-24(16-26(25)38)36(28(33-23)21-10-7-18-4-1-2-5-20(18)14-21)27-11-12-31-30(34-27)32-22-6-3-13-35(17-22)29(39)19-8-9-19;2-1(3)4/h3-4,6-7,9,12-14,16-18,22,25H,5,8,10-11,15,19H2,1-2H3,(H,33,34,36);1-2,4-5,7,10-12,14-16,19,22,37-38H,3,6,8-9,13,17H2,(H,31,32,34);/t25-;22-;/m11./s1. The molecule has 14 rings (SSSR count). The Morgan fingerprint density at radius 3 is 1.48 bits per heavy atom. The number of aromatic nitrogens is 8. The third kappa shape index (κ3) is 12.5. The molecule has 6 heterocycles. The number of hydrogen-bond acceptors (Lipinski definition) is 13. The largest absolute Gasteiger partial charge is 0.504 e. The van der Waals surface area contributed by atoms with Gasteiger partial charge in [0.1, 0.15) is 29.0 Å². The minimum atomic E-state index is -0.233. The summed E-state index contributed by atoms with van der Waals surface area (Å²) in [5.74, 6) is 5.11. The summed E-state index contributed by atoms with van der Waals surface area (Å²) in [6.07, 6.45) is 11.4. The predicted octanol–water partition coefficient (Wildman–Crippen LogP) is 12.8. The van der Waals surface area contributed by atoms with Crippen LogP contribution in [0.2, 0.25) is 0 Å². The fraction of sp³-hybridized carbons (Fsp3) is 0.290. The predicted molar refractivity (Wildman–Crippen MR) is 338 cm³/mol. The topological polar surface area (TPSA) is 202 Å². The molecular weight excluding hydrogens is 1240 g/mol. The van der Waals surface area contributed by atoms with E-state index in [0.717, 1.165) is 126 Å². The van der Waals surface area contributed by atoms with E-state index in [9.17, 15) is 19.8 Å². The second-order valence-electron chi connectivity index (χ2n) is 21.6. The maximum atomic E-state index is 12.7. The molecule has 2 atom stereocenters. The van der Waals surface area contributed by atoms with Crippen LogP contribution < -0.4 is 15.4 Å². The summed E-state index contributed by atoms with van der Waals surface area (Å²) in [5, 5.41) is 32.0. The fourth-order valence-corrected chi connectivity index (χ4v) is 11.3. The molecule has 0 radical (unpaired) electrons. The molecule has 2 saturated heterocycles. The number of carbonyl (C=O) groups excluding carboxylic acids is 2. The molecule has 21 heteroatoms. The molecule has 4 N–H and O–H groups in total. The number of phenolic OH excluding ortho intramolecular Hbond substituents is 2. The van der Waals surface area contributed by atoms with Crippen LogP contribution in [0.25, 0.3) is 78.0 Å². The average Bonchev–Trinajstić information content (AvgIpc) is 4.63. The lowest BCUT2D eigenvalue weighted by molar-refractivity contribution is -0.134. The van der Waals surface area contributed by atoms with Crippen LogP contribution in [0.15, 0.2) is 134 Å². The minimum absolute atomic E-state index is 0.0668. The molecule has 17 nitrogen and oxygen atoms in total. The van der Waals surface area contributed by atoms with E-state index in [0.29, 0.717) is 53.6 Å². The van der Waals surface area contributed by atoms with Gasteiger partial charge in [0.05, 0.1) is 29.2 Å². The van der Waals surface area contributed by atoms with Crippen molar-refractivity contribution in [3.63, 3.8) is 0 Å². The van der Waals surface area contributed by atoms with Crippen molar-refractivity contribution in [2.24, 2.45) is 11.8 Å². The summed E-state index contributed by atoms with van der Waals surface area (Å²) in [5.41, 5.74) is 5.82. The molecule has 422 valence electrons. The second kappa shape index (κ2) is 24.3. The third-order valence-electron chi connectivity index (χ3n) is 15.7. The molecular formula is C62H60BBr3N12O5. The summed E-state index contributed by atoms with van der Waals surface area (Å²) in [7, 11) is 1.68. The number of phenols is 2. The number of aryl methyl sites for hydroxylation is 1. The highest BCUT2D eigenvalue weighted by molar-refractivity contribution is 9.69. The molecule has 2 amide bonds. The number of hydrogen-bond donors (Lipinski definition) is 4. The summed E-state index contributed by atoms with van der Waals surface area (Å²) in [4.78, 5) is 58.0. The van der Waals surface area contributed by atoms with E-state index in [1.807, 2.05) is 57.7 Å². The van der Waals surface area contributed by atoms with E-state index in [1.165, 1.54) is 17.5 Å². The highest BCUT2D eigenvalue weighted by Gasteiger charge is 2.37. The van der Waals surface area contributed by atoms with Gasteiger partial charge in [-0.2, -0.15) is 9.97 Å². The van der Waals surface area contributed by atoms with Gasteiger partial charge in [-0.05, 0) is 116 Å². The van der Waals surface area contributed by atoms with Crippen molar-refractivity contribution in [3.8, 4) is 51.7 Å². The highest BCUT2D eigenvalue weighted by Crippen LogP contribution is 2.38. The number of likely N-dealkylation sites (tertiary alicyclic amines) is 2. The monoisotopic (exact) mass is 1300 g/mol. The smallest absolute Gasteiger partial charge is 0.369 e. The number of benzene rings is 6. The fourth-order valence-electron chi connectivity index (χ4n) is 11.3. The van der Waals surface area contributed by atoms with E-state index in [4.69, 9.17) is 24.7 Å². The zero-order valence-electron chi connectivity index (χ0n) is 45.8. The van der Waals surface area contributed by atoms with Crippen LogP contribution in [-0.4, -0.2) is 119 Å². The molecule has 0 bridgehead atoms. The molecule has 4 aromatic heterocycles. The Morgan fingerprint density at radius 2 is 1.01 bits per heavy atom. The zero-order valence-corrected chi connectivity index (χ0v) is 50.6. The highest BCUT2D eigenvalue weighted by atomic mass is 79.9. The maximum absolute atomic E-state index is 12.7. The van der Waals surface area contributed by atoms with Crippen LogP contribution in [0.1, 0.15) is 56.9 Å². The lowest BCUT2D eigenvalue weighted by Crippen LogP contribution is -2.45. The lowest BCUT2D eigenvalue weighted by atomic mass is 10.1. The van der Waals surface area contributed by atoms with Crippen molar-refractivity contribution in [2.45, 2.75) is 70.4 Å². The van der Waals surface area contributed by atoms with Crippen molar-refractivity contribution in [1.82, 2.24) is 48.8 Å². The quantitative estimate of drug-likeness (QED) is 0.0704. The molecule has 83 heavy (non-hydrogen) atoms. The van der Waals surface area contributed by atoms with Gasteiger partial charge in [-0.25, -0.2) is 19.9 Å². The van der Waals surface area contributed by atoms with Crippen molar-refractivity contribution in [2.75, 3.05) is 43.9 Å². The van der Waals surface area contributed by atoms with Crippen LogP contribution in [0.4, 0.5) is 11.9 Å². The number of aromatic hydroxyl groups is 2. The molecule has 10 aromatic rings. The van der Waals surface area contributed by atoms with Gasteiger partial charge < -0.3 is 35.4 Å². The van der Waals surface area contributed by atoms with Crippen LogP contribution >= 0.6 is 47.3 Å². The number of fused-ring (bicyclic) bond motifs is 4. The van der Waals surface area contributed by atoms with E-state index in [-0.39, 0.29) is 44.5 Å². The number of methoxy groups -OCH3 is 1. The van der Waals surface area contributed by atoms with Gasteiger partial charge in [-0.1, -0.05) is 72.8 Å². The SMILES string of the molecule is BrB(Br)Br.COc1cc2nc(-c3ccc4ccccc4c3)n(-c3ccnc(N[C@@H]4CCCN(C(=O)C5CC5)C4)n3)c2cc1C.O=C(C1CC1)N1CCC[C@@H](Nc2nccc(-n3c(-c4ccc5ccccc5c4)nc4cc(O)c(O)cc43)n2)C1. The number of nitrogens with one attached hydrogen (secondary N) is 2. The number of anilines is 2. The van der Waals surface area contributed by atoms with Crippen molar-refractivity contribution < 1.29 is 24.5 Å². The molecule has 4 fully saturated rings. The zero-order chi connectivity index (χ0) is 57.3. The van der Waals surface area contributed by atoms with Gasteiger partial charge in [0, 0.05) is 91.8 Å². The second-order valence-corrected chi connectivity index (χ2v) is 28.0. The lowest BCUT2D eigenvalue weighted by Gasteiger charge is -2.33. The number of amides is 2. The summed E-state index contributed by atoms with van der Waals surface area (Å²) < 4.78 is 9.85. The van der Waals surface area contributed by atoms with E-state index < -0.39 is 0 Å². The molecule has 6 aromatic carbocycles. The van der Waals surface area contributed by atoms with Gasteiger partial charge in [0.2, 0.25) is 23.7 Å². The molecule has 2 aliphatic heterocycles. The normalized spacial score (nSPS) is 16.9. The summed E-state index contributed by atoms with van der Waals surface area (Å²) in [6, 6.07) is 39.9. The Balaban J connectivity index is 0.000000154. The number of piperidine rings is 2. The Bertz CT molecular complexity index is 4060. The molecule has 0 spiro atoms. The Kier molecular flexibility index (Phi) is 16.4. The first-order valence-corrected chi connectivity index (χ1v) is 30.8. The van der Waals surface area contributed by atoms with Crippen LogP contribution in [0, 0.1) is 18.8 Å². The van der Waals surface area contributed by atoms with Crippen LogP contribution in [0.3, 0.4) is 0 Å². The molecule has 0 unspecified atom stereocenters. The molecule has 4 aliphatic rings. The van der Waals surface area contributed by atoms with Gasteiger partial charge in [0.15, 0.2) is 11.5 Å². The summed E-state index contributed by atoms with van der Waals surface area (Å²) in [6.45, 7) is 5.02. The van der Waals surface area contributed by atoms with Gasteiger partial charge in [-0.15, -0.1) is 47.3 Å². The number of imidazole rings is 2. The number of rotatable bonds is 11. The van der Waals surface area contributed by atoms with E-state index in [1.54, 1.807) is 25.6 Å². The number of nitrogens with zero attached hydrogens (tertiary/aromatic N) is 10. The first kappa shape index (κ1) is 55.9. The van der Waals surface area contributed by atoms with Crippen LogP contribution in [0.5, 0.6) is 17.2 Å². The molecule has 2 aliphatic carbocycles. The minimum Gasteiger partial charge on any atom is -0.504 e. The average molecular weight is 1300 g/mol. The van der Waals surface area contributed by atoms with Gasteiger partial charge in [0.25, 0.3) is 0 Å². The van der Waals surface area contributed by atoms with Crippen LogP contribution in [-0.2, 0) is 9.59 Å². The van der Waals surface area contributed by atoms with Gasteiger partial charge in [-0.3, -0.25) is 18.7 Å². The number of ether oxygens (including phenoxy) is 1. The van der Waals surface area contributed by atoms with E-state index in [2.05, 4.69) is 139 Å². The van der Waals surface area contributed by atoms with Crippen molar-refractivity contribution >= 4 is 118 Å².